The summed E-state index contributed by atoms with van der Waals surface area (Å²) in [4.78, 5) is 2.16. The van der Waals surface area contributed by atoms with Crippen LogP contribution in [0.2, 0.25) is 0 Å². The molecule has 0 aromatic heterocycles. The third-order valence-electron chi connectivity index (χ3n) is 3.80. The highest BCUT2D eigenvalue weighted by molar-refractivity contribution is 5.96. The molecule has 1 aliphatic carbocycles. The summed E-state index contributed by atoms with van der Waals surface area (Å²) in [5.74, 6) is 0.664. The zero-order chi connectivity index (χ0) is 12.3. The lowest BCUT2D eigenvalue weighted by Crippen LogP contribution is -2.38. The molecule has 2 heteroatoms. The number of hydrogen-bond acceptors (Lipinski definition) is 1. The van der Waals surface area contributed by atoms with E-state index in [1.54, 1.807) is 0 Å². The van der Waals surface area contributed by atoms with Crippen LogP contribution in [0, 0.1) is 12.3 Å². The van der Waals surface area contributed by atoms with Crippen molar-refractivity contribution in [2.75, 3.05) is 7.05 Å². The molecule has 0 unspecified atom stereocenters. The molecule has 1 aromatic rings. The molecule has 0 spiro atoms. The van der Waals surface area contributed by atoms with Gasteiger partial charge in [-0.15, -0.1) is 0 Å². The number of amidine groups is 1. The van der Waals surface area contributed by atoms with Crippen molar-refractivity contribution in [3.63, 3.8) is 0 Å². The molecular formula is C15H22N2. The van der Waals surface area contributed by atoms with Crippen molar-refractivity contribution < 1.29 is 0 Å². The zero-order valence-electron chi connectivity index (χ0n) is 10.9. The SMILES string of the molecule is Cc1ccc(C(=N)N(C)C2CCCCC2)cc1. The van der Waals surface area contributed by atoms with Crippen LogP contribution in [0.5, 0.6) is 0 Å². The Balaban J connectivity index is 2.05. The molecule has 1 fully saturated rings. The zero-order valence-corrected chi connectivity index (χ0v) is 10.9. The van der Waals surface area contributed by atoms with Gasteiger partial charge in [0.15, 0.2) is 0 Å². The molecule has 1 aliphatic rings. The quantitative estimate of drug-likeness (QED) is 0.610. The second-order valence-corrected chi connectivity index (χ2v) is 5.12. The Morgan fingerprint density at radius 2 is 1.71 bits per heavy atom. The maximum atomic E-state index is 8.27. The number of hydrogen-bond donors (Lipinski definition) is 1. The fourth-order valence-corrected chi connectivity index (χ4v) is 2.57. The summed E-state index contributed by atoms with van der Waals surface area (Å²) < 4.78 is 0. The summed E-state index contributed by atoms with van der Waals surface area (Å²) in [7, 11) is 2.07. The van der Waals surface area contributed by atoms with Gasteiger partial charge >= 0.3 is 0 Å². The van der Waals surface area contributed by atoms with Gasteiger partial charge in [0.25, 0.3) is 0 Å². The predicted molar refractivity (Wildman–Crippen MR) is 72.6 cm³/mol. The second-order valence-electron chi connectivity index (χ2n) is 5.12. The maximum absolute atomic E-state index is 8.27. The van der Waals surface area contributed by atoms with Gasteiger partial charge in [0.05, 0.1) is 0 Å². The van der Waals surface area contributed by atoms with Gasteiger partial charge in [0, 0.05) is 18.7 Å². The number of nitrogens with one attached hydrogen (secondary N) is 1. The maximum Gasteiger partial charge on any atom is 0.128 e. The van der Waals surface area contributed by atoms with Crippen LogP contribution < -0.4 is 0 Å². The molecule has 0 aliphatic heterocycles. The minimum atomic E-state index is 0.567. The van der Waals surface area contributed by atoms with Gasteiger partial charge in [-0.3, -0.25) is 5.41 Å². The normalized spacial score (nSPS) is 16.8. The molecule has 1 N–H and O–H groups in total. The predicted octanol–water partition coefficient (Wildman–Crippen LogP) is 3.58. The highest BCUT2D eigenvalue weighted by Gasteiger charge is 2.20. The number of benzene rings is 1. The first-order valence-electron chi connectivity index (χ1n) is 6.57. The van der Waals surface area contributed by atoms with Gasteiger partial charge in [0.2, 0.25) is 0 Å². The molecule has 2 rings (SSSR count). The molecule has 17 heavy (non-hydrogen) atoms. The van der Waals surface area contributed by atoms with Crippen molar-refractivity contribution in [2.24, 2.45) is 0 Å². The topological polar surface area (TPSA) is 27.1 Å². The van der Waals surface area contributed by atoms with E-state index in [9.17, 15) is 0 Å². The smallest absolute Gasteiger partial charge is 0.128 e. The minimum absolute atomic E-state index is 0.567. The first kappa shape index (κ1) is 12.2. The first-order chi connectivity index (χ1) is 8.18. The average Bonchev–Trinajstić information content (AvgIpc) is 2.39. The highest BCUT2D eigenvalue weighted by Crippen LogP contribution is 2.22. The molecule has 2 nitrogen and oxygen atoms in total. The van der Waals surface area contributed by atoms with Gasteiger partial charge in [0.1, 0.15) is 5.84 Å². The van der Waals surface area contributed by atoms with E-state index in [0.717, 1.165) is 5.56 Å². The molecule has 0 atom stereocenters. The fourth-order valence-electron chi connectivity index (χ4n) is 2.57. The van der Waals surface area contributed by atoms with E-state index in [4.69, 9.17) is 5.41 Å². The highest BCUT2D eigenvalue weighted by atomic mass is 15.2. The lowest BCUT2D eigenvalue weighted by atomic mass is 9.94. The molecule has 1 aromatic carbocycles. The van der Waals surface area contributed by atoms with Crippen LogP contribution in [0.1, 0.15) is 43.2 Å². The average molecular weight is 230 g/mol. The molecular weight excluding hydrogens is 208 g/mol. The Kier molecular flexibility index (Phi) is 3.82. The summed E-state index contributed by atoms with van der Waals surface area (Å²) in [5.41, 5.74) is 2.28. The van der Waals surface area contributed by atoms with Crippen molar-refractivity contribution >= 4 is 5.84 Å². The van der Waals surface area contributed by atoms with Crippen LogP contribution in [-0.4, -0.2) is 23.8 Å². The molecule has 0 radical (unpaired) electrons. The monoisotopic (exact) mass is 230 g/mol. The van der Waals surface area contributed by atoms with E-state index in [1.165, 1.54) is 37.7 Å². The van der Waals surface area contributed by atoms with Crippen LogP contribution in [0.25, 0.3) is 0 Å². The number of nitrogens with zero attached hydrogens (tertiary/aromatic N) is 1. The van der Waals surface area contributed by atoms with Crippen molar-refractivity contribution in [2.45, 2.75) is 45.1 Å². The Hall–Kier alpha value is -1.31. The summed E-state index contributed by atoms with van der Waals surface area (Å²) in [6, 6.07) is 8.84. The van der Waals surface area contributed by atoms with Crippen LogP contribution in [-0.2, 0) is 0 Å². The van der Waals surface area contributed by atoms with E-state index in [-0.39, 0.29) is 0 Å². The summed E-state index contributed by atoms with van der Waals surface area (Å²) in [6.45, 7) is 2.08. The standard InChI is InChI=1S/C15H22N2/c1-12-8-10-13(11-9-12)15(16)17(2)14-6-4-3-5-7-14/h8-11,14,16H,3-7H2,1-2H3. The molecule has 0 saturated heterocycles. The van der Waals surface area contributed by atoms with Crippen LogP contribution in [0.3, 0.4) is 0 Å². The van der Waals surface area contributed by atoms with Crippen molar-refractivity contribution in [1.82, 2.24) is 4.90 Å². The number of rotatable bonds is 2. The Labute approximate surface area is 104 Å². The van der Waals surface area contributed by atoms with E-state index in [2.05, 4.69) is 43.1 Å². The Morgan fingerprint density at radius 3 is 2.29 bits per heavy atom. The Bertz CT molecular complexity index is 374. The van der Waals surface area contributed by atoms with Crippen molar-refractivity contribution in [3.05, 3.63) is 35.4 Å². The molecule has 0 heterocycles. The first-order valence-corrected chi connectivity index (χ1v) is 6.57. The largest absolute Gasteiger partial charge is 0.357 e. The van der Waals surface area contributed by atoms with Gasteiger partial charge in [-0.05, 0) is 19.8 Å². The third kappa shape index (κ3) is 2.87. The lowest BCUT2D eigenvalue weighted by molar-refractivity contribution is 0.277. The van der Waals surface area contributed by atoms with Crippen molar-refractivity contribution in [1.29, 1.82) is 5.41 Å². The van der Waals surface area contributed by atoms with Gasteiger partial charge in [-0.25, -0.2) is 0 Å². The molecule has 0 bridgehead atoms. The lowest BCUT2D eigenvalue weighted by Gasteiger charge is -2.33. The van der Waals surface area contributed by atoms with E-state index < -0.39 is 0 Å². The van der Waals surface area contributed by atoms with Crippen LogP contribution in [0.4, 0.5) is 0 Å². The third-order valence-corrected chi connectivity index (χ3v) is 3.80. The van der Waals surface area contributed by atoms with Gasteiger partial charge in [-0.2, -0.15) is 0 Å². The van der Waals surface area contributed by atoms with Gasteiger partial charge < -0.3 is 4.90 Å². The van der Waals surface area contributed by atoms with E-state index in [1.807, 2.05) is 0 Å². The van der Waals surface area contributed by atoms with E-state index >= 15 is 0 Å². The summed E-state index contributed by atoms with van der Waals surface area (Å²) in [5, 5.41) is 8.27. The van der Waals surface area contributed by atoms with Crippen molar-refractivity contribution in [3.8, 4) is 0 Å². The fraction of sp³-hybridized carbons (Fsp3) is 0.533. The second kappa shape index (κ2) is 5.35. The summed E-state index contributed by atoms with van der Waals surface area (Å²) >= 11 is 0. The minimum Gasteiger partial charge on any atom is -0.357 e. The van der Waals surface area contributed by atoms with Crippen LogP contribution >= 0.6 is 0 Å². The Morgan fingerprint density at radius 1 is 1.12 bits per heavy atom. The van der Waals surface area contributed by atoms with Gasteiger partial charge in [-0.1, -0.05) is 49.1 Å². The number of aryl methyl sites for hydroxylation is 1. The molecule has 92 valence electrons. The molecule has 0 amide bonds. The molecule has 1 saturated carbocycles. The van der Waals surface area contributed by atoms with E-state index in [0.29, 0.717) is 11.9 Å². The van der Waals surface area contributed by atoms with Crippen LogP contribution in [0.15, 0.2) is 24.3 Å². The summed E-state index contributed by atoms with van der Waals surface area (Å²) in [6.07, 6.45) is 6.48.